The summed E-state index contributed by atoms with van der Waals surface area (Å²) < 4.78 is 0. The van der Waals surface area contributed by atoms with Crippen LogP contribution in [-0.2, 0) is 0 Å². The highest BCUT2D eigenvalue weighted by molar-refractivity contribution is 7.99. The van der Waals surface area contributed by atoms with Gasteiger partial charge >= 0.3 is 0 Å². The van der Waals surface area contributed by atoms with E-state index in [4.69, 9.17) is 0 Å². The fourth-order valence-corrected chi connectivity index (χ4v) is 2.39. The Hall–Kier alpha value is -0.540. The minimum atomic E-state index is 0.545. The number of hydrogen-bond acceptors (Lipinski definition) is 3. The summed E-state index contributed by atoms with van der Waals surface area (Å²) in [5.74, 6) is 1.09. The van der Waals surface area contributed by atoms with Gasteiger partial charge in [0.15, 0.2) is 0 Å². The van der Waals surface area contributed by atoms with Crippen LogP contribution in [0.2, 0.25) is 0 Å². The van der Waals surface area contributed by atoms with E-state index in [1.165, 1.54) is 18.4 Å². The second-order valence-electron chi connectivity index (χ2n) is 3.51. The van der Waals surface area contributed by atoms with Gasteiger partial charge in [0, 0.05) is 12.2 Å². The number of thioether (sulfide) groups is 1. The first-order valence-electron chi connectivity index (χ1n) is 5.22. The molecule has 0 bridgehead atoms. The minimum absolute atomic E-state index is 0.545. The lowest BCUT2D eigenvalue weighted by atomic mass is 10.1. The van der Waals surface area contributed by atoms with Gasteiger partial charge in [0.1, 0.15) is 0 Å². The third-order valence-corrected chi connectivity index (χ3v) is 3.34. The summed E-state index contributed by atoms with van der Waals surface area (Å²) in [6, 6.07) is 4.88. The van der Waals surface area contributed by atoms with Crippen molar-refractivity contribution in [2.75, 3.05) is 12.3 Å². The Morgan fingerprint density at radius 2 is 2.50 bits per heavy atom. The molecule has 0 aromatic carbocycles. The Bertz CT molecular complexity index is 278. The molecule has 0 saturated carbocycles. The van der Waals surface area contributed by atoms with E-state index in [2.05, 4.69) is 29.4 Å². The number of nitrogens with zero attached hydrogens (tertiary/aromatic N) is 1. The molecule has 0 radical (unpaired) electrons. The van der Waals surface area contributed by atoms with Gasteiger partial charge in [0.25, 0.3) is 0 Å². The molecule has 2 heterocycles. The normalized spacial score (nSPS) is 21.4. The molecule has 1 aliphatic rings. The predicted molar refractivity (Wildman–Crippen MR) is 60.6 cm³/mol. The summed E-state index contributed by atoms with van der Waals surface area (Å²) in [6.07, 6.45) is 4.55. The lowest BCUT2D eigenvalue weighted by Gasteiger charge is -2.09. The second-order valence-corrected chi connectivity index (χ2v) is 4.80. The molecule has 76 valence electrons. The highest BCUT2D eigenvalue weighted by Crippen LogP contribution is 2.23. The monoisotopic (exact) mass is 208 g/mol. The van der Waals surface area contributed by atoms with E-state index in [0.29, 0.717) is 6.04 Å². The molecule has 2 nitrogen and oxygen atoms in total. The number of nitrogens with one attached hydrogen (secondary N) is 1. The van der Waals surface area contributed by atoms with Crippen molar-refractivity contribution in [1.82, 2.24) is 10.3 Å². The Balaban J connectivity index is 2.05. The zero-order chi connectivity index (χ0) is 9.80. The molecule has 1 N–H and O–H groups in total. The van der Waals surface area contributed by atoms with E-state index in [-0.39, 0.29) is 0 Å². The first-order valence-corrected chi connectivity index (χ1v) is 6.21. The smallest absolute Gasteiger partial charge is 0.0959 e. The van der Waals surface area contributed by atoms with Gasteiger partial charge in [0.2, 0.25) is 0 Å². The highest BCUT2D eigenvalue weighted by atomic mass is 32.2. The lowest BCUT2D eigenvalue weighted by Crippen LogP contribution is -2.12. The van der Waals surface area contributed by atoms with Crippen LogP contribution in [-0.4, -0.2) is 17.3 Å². The molecule has 0 unspecified atom stereocenters. The van der Waals surface area contributed by atoms with Gasteiger partial charge in [-0.15, -0.1) is 11.8 Å². The van der Waals surface area contributed by atoms with Crippen molar-refractivity contribution < 1.29 is 0 Å². The molecule has 1 aromatic rings. The molecular weight excluding hydrogens is 192 g/mol. The minimum Gasteiger partial charge on any atom is -0.310 e. The van der Waals surface area contributed by atoms with Crippen LogP contribution in [0.3, 0.4) is 0 Å². The Kier molecular flexibility index (Phi) is 3.43. The molecular formula is C11H16N2S. The topological polar surface area (TPSA) is 24.9 Å². The van der Waals surface area contributed by atoms with Crippen LogP contribution >= 0.6 is 11.8 Å². The van der Waals surface area contributed by atoms with E-state index in [0.717, 1.165) is 17.3 Å². The van der Waals surface area contributed by atoms with Crippen molar-refractivity contribution in [3.8, 4) is 0 Å². The van der Waals surface area contributed by atoms with Crippen LogP contribution in [0.15, 0.2) is 23.4 Å². The van der Waals surface area contributed by atoms with E-state index >= 15 is 0 Å². The summed E-state index contributed by atoms with van der Waals surface area (Å²) in [5, 5.41) is 4.61. The van der Waals surface area contributed by atoms with Gasteiger partial charge in [-0.1, -0.05) is 13.0 Å². The SMILES string of the molecule is CCSc1ccc([C@H]2CCCN2)cn1. The molecule has 14 heavy (non-hydrogen) atoms. The number of rotatable bonds is 3. The molecule has 2 rings (SSSR count). The van der Waals surface area contributed by atoms with Gasteiger partial charge in [-0.25, -0.2) is 4.98 Å². The van der Waals surface area contributed by atoms with Crippen molar-refractivity contribution in [1.29, 1.82) is 0 Å². The molecule has 3 heteroatoms. The summed E-state index contributed by atoms with van der Waals surface area (Å²) in [7, 11) is 0. The van der Waals surface area contributed by atoms with E-state index in [1.54, 1.807) is 11.8 Å². The molecule has 0 spiro atoms. The summed E-state index contributed by atoms with van der Waals surface area (Å²) in [5.41, 5.74) is 1.34. The zero-order valence-electron chi connectivity index (χ0n) is 8.49. The van der Waals surface area contributed by atoms with E-state index in [9.17, 15) is 0 Å². The van der Waals surface area contributed by atoms with Crippen molar-refractivity contribution in [3.05, 3.63) is 23.9 Å². The van der Waals surface area contributed by atoms with Crippen LogP contribution in [0.4, 0.5) is 0 Å². The van der Waals surface area contributed by atoms with Gasteiger partial charge in [0.05, 0.1) is 5.03 Å². The maximum Gasteiger partial charge on any atom is 0.0959 e. The molecule has 1 saturated heterocycles. The van der Waals surface area contributed by atoms with Crippen LogP contribution in [0.25, 0.3) is 0 Å². The third-order valence-electron chi connectivity index (χ3n) is 2.51. The molecule has 1 atom stereocenters. The van der Waals surface area contributed by atoms with Crippen molar-refractivity contribution in [2.24, 2.45) is 0 Å². The Morgan fingerprint density at radius 1 is 1.57 bits per heavy atom. The first kappa shape index (κ1) is 9.99. The van der Waals surface area contributed by atoms with Crippen LogP contribution in [0.5, 0.6) is 0 Å². The molecule has 0 amide bonds. The first-order chi connectivity index (χ1) is 6.90. The van der Waals surface area contributed by atoms with Gasteiger partial charge in [-0.3, -0.25) is 0 Å². The van der Waals surface area contributed by atoms with Crippen LogP contribution < -0.4 is 5.32 Å². The Labute approximate surface area is 89.5 Å². The molecule has 0 aliphatic carbocycles. The summed E-state index contributed by atoms with van der Waals surface area (Å²) >= 11 is 1.80. The average Bonchev–Trinajstić information content (AvgIpc) is 2.72. The maximum atomic E-state index is 4.44. The van der Waals surface area contributed by atoms with E-state index in [1.807, 2.05) is 6.20 Å². The Morgan fingerprint density at radius 3 is 3.07 bits per heavy atom. The average molecular weight is 208 g/mol. The predicted octanol–water partition coefficient (Wildman–Crippen LogP) is 2.62. The van der Waals surface area contributed by atoms with Gasteiger partial charge < -0.3 is 5.32 Å². The summed E-state index contributed by atoms with van der Waals surface area (Å²) in [6.45, 7) is 3.30. The quantitative estimate of drug-likeness (QED) is 0.773. The van der Waals surface area contributed by atoms with Gasteiger partial charge in [-0.05, 0) is 36.8 Å². The number of aromatic nitrogens is 1. The molecule has 1 aromatic heterocycles. The van der Waals surface area contributed by atoms with Crippen molar-refractivity contribution in [3.63, 3.8) is 0 Å². The van der Waals surface area contributed by atoms with Crippen LogP contribution in [0.1, 0.15) is 31.4 Å². The molecule has 1 aliphatic heterocycles. The largest absolute Gasteiger partial charge is 0.310 e. The van der Waals surface area contributed by atoms with Crippen LogP contribution in [0, 0.1) is 0 Å². The number of hydrogen-bond donors (Lipinski definition) is 1. The van der Waals surface area contributed by atoms with Crippen molar-refractivity contribution >= 4 is 11.8 Å². The fraction of sp³-hybridized carbons (Fsp3) is 0.545. The number of pyridine rings is 1. The maximum absolute atomic E-state index is 4.44. The lowest BCUT2D eigenvalue weighted by molar-refractivity contribution is 0.643. The van der Waals surface area contributed by atoms with Crippen molar-refractivity contribution in [2.45, 2.75) is 30.8 Å². The summed E-state index contributed by atoms with van der Waals surface area (Å²) in [4.78, 5) is 4.44. The zero-order valence-corrected chi connectivity index (χ0v) is 9.31. The van der Waals surface area contributed by atoms with Gasteiger partial charge in [-0.2, -0.15) is 0 Å². The molecule has 1 fully saturated rings. The third kappa shape index (κ3) is 2.28. The van der Waals surface area contributed by atoms with E-state index < -0.39 is 0 Å². The highest BCUT2D eigenvalue weighted by Gasteiger charge is 2.15. The standard InChI is InChI=1S/C11H16N2S/c1-2-14-11-6-5-9(8-13-11)10-4-3-7-12-10/h5-6,8,10,12H,2-4,7H2,1H3/t10-/m1/s1. The fourth-order valence-electron chi connectivity index (χ4n) is 1.80. The second kappa shape index (κ2) is 4.80.